The lowest BCUT2D eigenvalue weighted by atomic mass is 10.0. The predicted molar refractivity (Wildman–Crippen MR) is 167 cm³/mol. The van der Waals surface area contributed by atoms with E-state index in [1.165, 1.54) is 108 Å². The number of phenols is 1. The van der Waals surface area contributed by atoms with Crippen molar-refractivity contribution in [3.8, 4) is 5.75 Å². The molecule has 38 heavy (non-hydrogen) atoms. The SMILES string of the molecule is CCCCCCCCCCCCCCCCCCSc1ccc(NC(=O)/C(C)=C/c2ccc(O)cc2)cc1. The number of aromatic hydroxyl groups is 1. The highest BCUT2D eigenvalue weighted by Crippen LogP contribution is 2.23. The molecule has 0 bridgehead atoms. The van der Waals surface area contributed by atoms with Crippen molar-refractivity contribution >= 4 is 29.4 Å². The van der Waals surface area contributed by atoms with Gasteiger partial charge in [-0.05, 0) is 67.1 Å². The van der Waals surface area contributed by atoms with E-state index in [0.717, 1.165) is 17.0 Å². The van der Waals surface area contributed by atoms with E-state index in [0.29, 0.717) is 5.57 Å². The van der Waals surface area contributed by atoms with E-state index >= 15 is 0 Å². The first-order valence-corrected chi connectivity index (χ1v) is 16.1. The average molecular weight is 538 g/mol. The van der Waals surface area contributed by atoms with E-state index in [-0.39, 0.29) is 11.7 Å². The number of carbonyl (C=O) groups is 1. The number of amides is 1. The Hall–Kier alpha value is -2.20. The van der Waals surface area contributed by atoms with E-state index in [4.69, 9.17) is 0 Å². The van der Waals surface area contributed by atoms with Crippen molar-refractivity contribution in [2.45, 2.75) is 121 Å². The van der Waals surface area contributed by atoms with Crippen LogP contribution in [0.15, 0.2) is 59.0 Å². The van der Waals surface area contributed by atoms with E-state index in [9.17, 15) is 9.90 Å². The number of thioether (sulfide) groups is 1. The molecule has 1 amide bonds. The summed E-state index contributed by atoms with van der Waals surface area (Å²) in [5.41, 5.74) is 2.31. The predicted octanol–water partition coefficient (Wildman–Crippen LogP) is 10.8. The molecular weight excluding hydrogens is 486 g/mol. The Labute approximate surface area is 236 Å². The summed E-state index contributed by atoms with van der Waals surface area (Å²) >= 11 is 1.90. The van der Waals surface area contributed by atoms with Gasteiger partial charge in [0.1, 0.15) is 5.75 Å². The van der Waals surface area contributed by atoms with Gasteiger partial charge in [-0.25, -0.2) is 0 Å². The minimum Gasteiger partial charge on any atom is -0.508 e. The zero-order chi connectivity index (χ0) is 27.3. The smallest absolute Gasteiger partial charge is 0.251 e. The van der Waals surface area contributed by atoms with Crippen molar-refractivity contribution < 1.29 is 9.90 Å². The van der Waals surface area contributed by atoms with Gasteiger partial charge in [-0.15, -0.1) is 11.8 Å². The Morgan fingerprint density at radius 1 is 0.711 bits per heavy atom. The second-order valence-electron chi connectivity index (χ2n) is 10.5. The first-order chi connectivity index (χ1) is 18.6. The summed E-state index contributed by atoms with van der Waals surface area (Å²) in [6.07, 6.45) is 24.3. The van der Waals surface area contributed by atoms with Crippen molar-refractivity contribution in [2.24, 2.45) is 0 Å². The average Bonchev–Trinajstić information content (AvgIpc) is 2.92. The molecule has 0 unspecified atom stereocenters. The van der Waals surface area contributed by atoms with Gasteiger partial charge in [-0.2, -0.15) is 0 Å². The molecule has 0 radical (unpaired) electrons. The fourth-order valence-electron chi connectivity index (χ4n) is 4.59. The Bertz CT molecular complexity index is 905. The molecule has 0 saturated heterocycles. The van der Waals surface area contributed by atoms with Crippen LogP contribution in [0, 0.1) is 0 Å². The maximum atomic E-state index is 12.5. The number of benzene rings is 2. The van der Waals surface area contributed by atoms with Crippen LogP contribution in [0.3, 0.4) is 0 Å². The van der Waals surface area contributed by atoms with Crippen molar-refractivity contribution in [2.75, 3.05) is 11.1 Å². The molecule has 0 aromatic heterocycles. The third-order valence-electron chi connectivity index (χ3n) is 7.01. The van der Waals surface area contributed by atoms with Crippen LogP contribution in [0.25, 0.3) is 6.08 Å². The first kappa shape index (κ1) is 32.0. The molecule has 3 nitrogen and oxygen atoms in total. The van der Waals surface area contributed by atoms with Crippen LogP contribution in [0.5, 0.6) is 5.75 Å². The number of carbonyl (C=O) groups excluding carboxylic acids is 1. The maximum Gasteiger partial charge on any atom is 0.251 e. The highest BCUT2D eigenvalue weighted by Gasteiger charge is 2.06. The van der Waals surface area contributed by atoms with Crippen LogP contribution >= 0.6 is 11.8 Å². The van der Waals surface area contributed by atoms with E-state index in [2.05, 4.69) is 24.4 Å². The number of unbranched alkanes of at least 4 members (excludes halogenated alkanes) is 15. The third-order valence-corrected chi connectivity index (χ3v) is 8.11. The maximum absolute atomic E-state index is 12.5. The molecule has 2 aromatic carbocycles. The Balaban J connectivity index is 1.45. The number of anilines is 1. The van der Waals surface area contributed by atoms with Gasteiger partial charge in [0.15, 0.2) is 0 Å². The van der Waals surface area contributed by atoms with E-state index in [1.807, 2.05) is 30.0 Å². The molecular formula is C34H51NO2S. The molecule has 0 atom stereocenters. The fourth-order valence-corrected chi connectivity index (χ4v) is 5.50. The van der Waals surface area contributed by atoms with Gasteiger partial charge in [0, 0.05) is 16.2 Å². The van der Waals surface area contributed by atoms with Gasteiger partial charge in [0.25, 0.3) is 5.91 Å². The summed E-state index contributed by atoms with van der Waals surface area (Å²) in [6.45, 7) is 4.08. The van der Waals surface area contributed by atoms with Gasteiger partial charge in [-0.1, -0.05) is 115 Å². The minimum absolute atomic E-state index is 0.119. The number of hydrogen-bond acceptors (Lipinski definition) is 3. The molecule has 2 aromatic rings. The van der Waals surface area contributed by atoms with Crippen molar-refractivity contribution in [3.63, 3.8) is 0 Å². The Morgan fingerprint density at radius 2 is 1.18 bits per heavy atom. The molecule has 0 aliphatic heterocycles. The molecule has 0 saturated carbocycles. The number of rotatable bonds is 21. The topological polar surface area (TPSA) is 49.3 Å². The number of nitrogens with one attached hydrogen (secondary N) is 1. The number of phenolic OH excluding ortho intramolecular Hbond substituents is 1. The van der Waals surface area contributed by atoms with Crippen LogP contribution in [0.2, 0.25) is 0 Å². The van der Waals surface area contributed by atoms with Crippen molar-refractivity contribution in [1.82, 2.24) is 0 Å². The van der Waals surface area contributed by atoms with Crippen LogP contribution in [0.1, 0.15) is 122 Å². The summed E-state index contributed by atoms with van der Waals surface area (Å²) in [5.74, 6) is 1.25. The zero-order valence-electron chi connectivity index (χ0n) is 24.0. The Kier molecular flexibility index (Phi) is 17.5. The third kappa shape index (κ3) is 15.3. The quantitative estimate of drug-likeness (QED) is 0.0945. The summed E-state index contributed by atoms with van der Waals surface area (Å²) in [6, 6.07) is 14.9. The lowest BCUT2D eigenvalue weighted by molar-refractivity contribution is -0.112. The summed E-state index contributed by atoms with van der Waals surface area (Å²) in [4.78, 5) is 13.7. The highest BCUT2D eigenvalue weighted by atomic mass is 32.2. The monoisotopic (exact) mass is 537 g/mol. The summed E-state index contributed by atoms with van der Waals surface area (Å²) in [7, 11) is 0. The van der Waals surface area contributed by atoms with Crippen molar-refractivity contribution in [1.29, 1.82) is 0 Å². The molecule has 0 aliphatic carbocycles. The zero-order valence-corrected chi connectivity index (χ0v) is 24.8. The first-order valence-electron chi connectivity index (χ1n) is 15.1. The number of hydrogen-bond donors (Lipinski definition) is 2. The molecule has 0 fully saturated rings. The van der Waals surface area contributed by atoms with Gasteiger partial charge in [-0.3, -0.25) is 4.79 Å². The van der Waals surface area contributed by atoms with Gasteiger partial charge >= 0.3 is 0 Å². The van der Waals surface area contributed by atoms with Crippen LogP contribution in [0.4, 0.5) is 5.69 Å². The molecule has 0 spiro atoms. The standard InChI is InChI=1S/C34H51NO2S/c1-3-4-5-6-7-8-9-10-11-12-13-14-15-16-17-18-27-38-33-25-21-31(22-26-33)35-34(37)29(2)28-30-19-23-32(36)24-20-30/h19-26,28,36H,3-18,27H2,1-2H3,(H,35,37)/b29-28+. The van der Waals surface area contributed by atoms with Crippen LogP contribution in [-0.4, -0.2) is 16.8 Å². The summed E-state index contributed by atoms with van der Waals surface area (Å²) in [5, 5.41) is 12.3. The van der Waals surface area contributed by atoms with E-state index < -0.39 is 0 Å². The molecule has 2 N–H and O–H groups in total. The fraction of sp³-hybridized carbons (Fsp3) is 0.559. The van der Waals surface area contributed by atoms with Crippen molar-refractivity contribution in [3.05, 3.63) is 59.7 Å². The van der Waals surface area contributed by atoms with Gasteiger partial charge in [0.05, 0.1) is 0 Å². The second-order valence-corrected chi connectivity index (χ2v) is 11.7. The molecule has 4 heteroatoms. The minimum atomic E-state index is -0.119. The van der Waals surface area contributed by atoms with Gasteiger partial charge in [0.2, 0.25) is 0 Å². The van der Waals surface area contributed by atoms with Crippen LogP contribution in [-0.2, 0) is 4.79 Å². The largest absolute Gasteiger partial charge is 0.508 e. The molecule has 0 heterocycles. The highest BCUT2D eigenvalue weighted by molar-refractivity contribution is 7.99. The van der Waals surface area contributed by atoms with Crippen LogP contribution < -0.4 is 5.32 Å². The molecule has 2 rings (SSSR count). The van der Waals surface area contributed by atoms with E-state index in [1.54, 1.807) is 31.2 Å². The van der Waals surface area contributed by atoms with Gasteiger partial charge < -0.3 is 10.4 Å². The lowest BCUT2D eigenvalue weighted by Crippen LogP contribution is -2.12. The molecule has 210 valence electrons. The molecule has 0 aliphatic rings. The Morgan fingerprint density at radius 3 is 1.68 bits per heavy atom. The lowest BCUT2D eigenvalue weighted by Gasteiger charge is -2.07. The summed E-state index contributed by atoms with van der Waals surface area (Å²) < 4.78 is 0. The second kappa shape index (κ2) is 20.7. The normalized spacial score (nSPS) is 11.6.